The molecule has 2 N–H and O–H groups in total. The maximum Gasteiger partial charge on any atom is 1.00 e. The van der Waals surface area contributed by atoms with Gasteiger partial charge in [0.25, 0.3) is 0 Å². The second kappa shape index (κ2) is 7.34. The molecule has 2 rings (SSSR count). The van der Waals surface area contributed by atoms with Gasteiger partial charge in [-0.1, -0.05) is 24.3 Å². The van der Waals surface area contributed by atoms with Crippen molar-refractivity contribution in [2.75, 3.05) is 6.61 Å². The molecular formula is C10H11NaO4. The van der Waals surface area contributed by atoms with Crippen LogP contribution in [0.2, 0.25) is 0 Å². The standard InChI is InChI=1S/C9H8O.CH2O3.Na.H/c1-2-6-9-8(4-1)5-3-7-10-9;2-1(3)4;;/h1-6H,7H2;(H2,2,3,4);;/q;;+1;-1. The molecular weight excluding hydrogens is 207 g/mol. The van der Waals surface area contributed by atoms with Crippen LogP contribution in [0.1, 0.15) is 6.99 Å². The Morgan fingerprint density at radius 3 is 2.53 bits per heavy atom. The molecule has 0 saturated carbocycles. The van der Waals surface area contributed by atoms with Gasteiger partial charge in [-0.25, -0.2) is 4.79 Å². The zero-order valence-corrected chi connectivity index (χ0v) is 10.4. The van der Waals surface area contributed by atoms with Crippen LogP contribution in [-0.2, 0) is 0 Å². The minimum absolute atomic E-state index is 0. The zero-order chi connectivity index (χ0) is 10.4. The Hall–Kier alpha value is -0.970. The summed E-state index contributed by atoms with van der Waals surface area (Å²) in [6.45, 7) is 0.705. The number of hydrogen-bond acceptors (Lipinski definition) is 2. The molecule has 0 atom stereocenters. The van der Waals surface area contributed by atoms with Crippen molar-refractivity contribution in [2.45, 2.75) is 0 Å². The molecule has 1 aliphatic rings. The van der Waals surface area contributed by atoms with Crippen LogP contribution in [0.4, 0.5) is 4.79 Å². The molecule has 0 saturated heterocycles. The van der Waals surface area contributed by atoms with Crippen molar-refractivity contribution in [2.24, 2.45) is 0 Å². The minimum Gasteiger partial charge on any atom is -1.00 e. The van der Waals surface area contributed by atoms with Gasteiger partial charge in [0, 0.05) is 5.56 Å². The third-order valence-corrected chi connectivity index (χ3v) is 1.55. The molecule has 0 fully saturated rings. The van der Waals surface area contributed by atoms with Gasteiger partial charge in [0.05, 0.1) is 0 Å². The Morgan fingerprint density at radius 1 is 1.33 bits per heavy atom. The molecule has 0 bridgehead atoms. The Bertz CT molecular complexity index is 350. The van der Waals surface area contributed by atoms with E-state index in [1.807, 2.05) is 30.3 Å². The first-order chi connectivity index (χ1) is 6.70. The van der Waals surface area contributed by atoms with E-state index in [0.29, 0.717) is 6.61 Å². The average molecular weight is 218 g/mol. The number of carbonyl (C=O) groups is 1. The maximum absolute atomic E-state index is 8.56. The molecule has 1 aliphatic heterocycles. The summed E-state index contributed by atoms with van der Waals surface area (Å²) in [5.41, 5.74) is 1.17. The summed E-state index contributed by atoms with van der Waals surface area (Å²) in [7, 11) is 0. The van der Waals surface area contributed by atoms with Crippen LogP contribution in [0, 0.1) is 0 Å². The van der Waals surface area contributed by atoms with E-state index in [-0.39, 0.29) is 31.0 Å². The monoisotopic (exact) mass is 218 g/mol. The van der Waals surface area contributed by atoms with Gasteiger partial charge in [-0.3, -0.25) is 0 Å². The van der Waals surface area contributed by atoms with E-state index >= 15 is 0 Å². The van der Waals surface area contributed by atoms with Crippen molar-refractivity contribution >= 4 is 12.2 Å². The third kappa shape index (κ3) is 5.47. The maximum atomic E-state index is 8.56. The number of fused-ring (bicyclic) bond motifs is 1. The second-order valence-corrected chi connectivity index (χ2v) is 2.53. The topological polar surface area (TPSA) is 66.8 Å². The van der Waals surface area contributed by atoms with Crippen LogP contribution in [0.15, 0.2) is 30.3 Å². The quantitative estimate of drug-likeness (QED) is 0.572. The molecule has 1 heterocycles. The third-order valence-electron chi connectivity index (χ3n) is 1.55. The van der Waals surface area contributed by atoms with Crippen LogP contribution in [-0.4, -0.2) is 23.0 Å². The van der Waals surface area contributed by atoms with E-state index < -0.39 is 6.16 Å². The second-order valence-electron chi connectivity index (χ2n) is 2.53. The van der Waals surface area contributed by atoms with Crippen molar-refractivity contribution in [3.05, 3.63) is 35.9 Å². The normalized spacial score (nSPS) is 10.9. The van der Waals surface area contributed by atoms with Gasteiger partial charge in [-0.05, 0) is 12.1 Å². The predicted molar refractivity (Wildman–Crippen MR) is 52.7 cm³/mol. The number of hydrogen-bond donors (Lipinski definition) is 2. The summed E-state index contributed by atoms with van der Waals surface area (Å²) in [6.07, 6.45) is 2.27. The average Bonchev–Trinajstić information content (AvgIpc) is 2.17. The Labute approximate surface area is 111 Å². The molecule has 0 amide bonds. The van der Waals surface area contributed by atoms with Gasteiger partial charge in [0.15, 0.2) is 0 Å². The predicted octanol–water partition coefficient (Wildman–Crippen LogP) is -0.569. The molecule has 1 aromatic carbocycles. The first-order valence-corrected chi connectivity index (χ1v) is 4.00. The summed E-state index contributed by atoms with van der Waals surface area (Å²) in [6, 6.07) is 8.03. The van der Waals surface area contributed by atoms with E-state index in [0.717, 1.165) is 5.75 Å². The van der Waals surface area contributed by atoms with E-state index in [2.05, 4.69) is 6.08 Å². The van der Waals surface area contributed by atoms with Crippen LogP contribution in [0.3, 0.4) is 0 Å². The van der Waals surface area contributed by atoms with E-state index in [9.17, 15) is 0 Å². The van der Waals surface area contributed by atoms with Gasteiger partial charge < -0.3 is 16.4 Å². The fraction of sp³-hybridized carbons (Fsp3) is 0.100. The summed E-state index contributed by atoms with van der Waals surface area (Å²) >= 11 is 0. The molecule has 1 aromatic rings. The van der Waals surface area contributed by atoms with Crippen molar-refractivity contribution in [1.29, 1.82) is 0 Å². The number of rotatable bonds is 0. The van der Waals surface area contributed by atoms with Gasteiger partial charge in [0.2, 0.25) is 0 Å². The molecule has 0 aromatic heterocycles. The van der Waals surface area contributed by atoms with E-state index in [4.69, 9.17) is 19.7 Å². The molecule has 5 heteroatoms. The largest absolute Gasteiger partial charge is 1.00 e. The Kier molecular flexibility index (Phi) is 6.86. The number of carboxylic acid groups (broad SMARTS) is 2. The Balaban J connectivity index is 0. The summed E-state index contributed by atoms with van der Waals surface area (Å²) < 4.78 is 5.34. The van der Waals surface area contributed by atoms with Crippen LogP contribution >= 0.6 is 0 Å². The Morgan fingerprint density at radius 2 is 1.93 bits per heavy atom. The molecule has 76 valence electrons. The molecule has 0 radical (unpaired) electrons. The molecule has 0 aliphatic carbocycles. The molecule has 4 nitrogen and oxygen atoms in total. The summed E-state index contributed by atoms with van der Waals surface area (Å²) in [4.78, 5) is 8.56. The first-order valence-electron chi connectivity index (χ1n) is 4.00. The smallest absolute Gasteiger partial charge is 1.00 e. The molecule has 0 unspecified atom stereocenters. The van der Waals surface area contributed by atoms with E-state index in [1.165, 1.54) is 5.56 Å². The number of ether oxygens (including phenoxy) is 1. The van der Waals surface area contributed by atoms with Gasteiger partial charge >= 0.3 is 35.7 Å². The first kappa shape index (κ1) is 14.0. The summed E-state index contributed by atoms with van der Waals surface area (Å²) in [5, 5.41) is 13.9. The fourth-order valence-electron chi connectivity index (χ4n) is 1.06. The molecule has 15 heavy (non-hydrogen) atoms. The van der Waals surface area contributed by atoms with Crippen molar-refractivity contribution in [3.8, 4) is 5.75 Å². The SMILES string of the molecule is C1=Cc2ccccc2OC1.O=C(O)O.[H-].[Na+]. The van der Waals surface area contributed by atoms with Gasteiger partial charge in [-0.2, -0.15) is 0 Å². The van der Waals surface area contributed by atoms with Crippen molar-refractivity contribution in [1.82, 2.24) is 0 Å². The molecule has 0 spiro atoms. The minimum atomic E-state index is -1.83. The van der Waals surface area contributed by atoms with Crippen LogP contribution in [0.5, 0.6) is 5.75 Å². The fourth-order valence-corrected chi connectivity index (χ4v) is 1.06. The zero-order valence-electron chi connectivity index (χ0n) is 9.38. The van der Waals surface area contributed by atoms with Crippen molar-refractivity contribution in [3.63, 3.8) is 0 Å². The number of benzene rings is 1. The van der Waals surface area contributed by atoms with Gasteiger partial charge in [0.1, 0.15) is 12.4 Å². The van der Waals surface area contributed by atoms with Crippen LogP contribution in [0.25, 0.3) is 6.08 Å². The van der Waals surface area contributed by atoms with Crippen molar-refractivity contribution < 1.29 is 50.7 Å². The van der Waals surface area contributed by atoms with Crippen LogP contribution < -0.4 is 34.3 Å². The van der Waals surface area contributed by atoms with Gasteiger partial charge in [-0.15, -0.1) is 0 Å². The van der Waals surface area contributed by atoms with E-state index in [1.54, 1.807) is 0 Å². The number of para-hydroxylation sites is 1. The summed E-state index contributed by atoms with van der Waals surface area (Å²) in [5.74, 6) is 0.991.